The van der Waals surface area contributed by atoms with Crippen molar-refractivity contribution in [3.05, 3.63) is 83.7 Å². The lowest BCUT2D eigenvalue weighted by Gasteiger charge is -2.27. The van der Waals surface area contributed by atoms with E-state index in [1.54, 1.807) is 0 Å². The van der Waals surface area contributed by atoms with Crippen molar-refractivity contribution in [1.29, 1.82) is 0 Å². The lowest BCUT2D eigenvalue weighted by Crippen LogP contribution is -2.20. The highest BCUT2D eigenvalue weighted by atomic mass is 15.0. The molecule has 0 amide bonds. The van der Waals surface area contributed by atoms with Crippen molar-refractivity contribution in [2.45, 2.75) is 45.1 Å². The van der Waals surface area contributed by atoms with Crippen LogP contribution in [-0.2, 0) is 12.0 Å². The molecule has 0 unspecified atom stereocenters. The second-order valence-electron chi connectivity index (χ2n) is 8.48. The van der Waals surface area contributed by atoms with E-state index in [1.807, 2.05) is 13.3 Å². The van der Waals surface area contributed by atoms with Crippen LogP contribution in [0.4, 0.5) is 5.69 Å². The number of hydrogen-bond acceptors (Lipinski definition) is 2. The monoisotopic (exact) mass is 381 g/mol. The van der Waals surface area contributed by atoms with Crippen LogP contribution in [0, 0.1) is 6.92 Å². The first-order valence-electron chi connectivity index (χ1n) is 10.5. The zero-order chi connectivity index (χ0) is 20.0. The van der Waals surface area contributed by atoms with Crippen molar-refractivity contribution in [3.8, 4) is 11.1 Å². The van der Waals surface area contributed by atoms with E-state index in [1.165, 1.54) is 28.7 Å². The molecule has 1 heterocycles. The average molecular weight is 382 g/mol. The molecular formula is C26H27N3. The van der Waals surface area contributed by atoms with Gasteiger partial charge in [0.15, 0.2) is 0 Å². The summed E-state index contributed by atoms with van der Waals surface area (Å²) in [4.78, 5) is 4.55. The molecule has 3 nitrogen and oxygen atoms in total. The molecule has 0 spiro atoms. The molecular weight excluding hydrogens is 354 g/mol. The molecule has 0 fully saturated rings. The van der Waals surface area contributed by atoms with Crippen molar-refractivity contribution in [1.82, 2.24) is 9.55 Å². The highest BCUT2D eigenvalue weighted by Gasteiger charge is 2.38. The zero-order valence-electron chi connectivity index (χ0n) is 17.2. The fourth-order valence-electron chi connectivity index (χ4n) is 5.01. The van der Waals surface area contributed by atoms with Gasteiger partial charge in [-0.2, -0.15) is 0 Å². The number of nitrogens with two attached hydrogens (primary N) is 1. The third-order valence-electron chi connectivity index (χ3n) is 6.71. The van der Waals surface area contributed by atoms with Crippen LogP contribution < -0.4 is 5.73 Å². The second-order valence-corrected chi connectivity index (χ2v) is 8.48. The molecule has 5 rings (SSSR count). The summed E-state index contributed by atoms with van der Waals surface area (Å²) in [6.45, 7) is 5.41. The minimum Gasteiger partial charge on any atom is -0.397 e. The van der Waals surface area contributed by atoms with E-state index >= 15 is 0 Å². The molecule has 3 aromatic carbocycles. The highest BCUT2D eigenvalue weighted by molar-refractivity contribution is 5.89. The molecule has 4 aromatic rings. The van der Waals surface area contributed by atoms with Crippen molar-refractivity contribution >= 4 is 16.7 Å². The molecule has 0 atom stereocenters. The number of imidazole rings is 1. The maximum atomic E-state index is 6.20. The third kappa shape index (κ3) is 2.76. The number of nitrogens with zero attached hydrogens (tertiary/aromatic N) is 2. The Bertz CT molecular complexity index is 1160. The third-order valence-corrected chi connectivity index (χ3v) is 6.71. The van der Waals surface area contributed by atoms with Gasteiger partial charge in [-0.05, 0) is 53.6 Å². The van der Waals surface area contributed by atoms with E-state index in [-0.39, 0.29) is 5.41 Å². The molecule has 1 aliphatic carbocycles. The lowest BCUT2D eigenvalue weighted by atomic mass is 9.76. The number of hydrogen-bond donors (Lipinski definition) is 1. The van der Waals surface area contributed by atoms with Crippen LogP contribution in [0.25, 0.3) is 22.2 Å². The van der Waals surface area contributed by atoms with Crippen molar-refractivity contribution in [2.75, 3.05) is 5.73 Å². The Hall–Kier alpha value is -3.07. The maximum Gasteiger partial charge on any atom is 0.112 e. The Kier molecular flexibility index (Phi) is 4.20. The minimum atomic E-state index is 0.0890. The molecule has 0 saturated carbocycles. The number of rotatable bonds is 5. The lowest BCUT2D eigenvalue weighted by molar-refractivity contribution is 0.479. The van der Waals surface area contributed by atoms with Gasteiger partial charge in [-0.25, -0.2) is 4.98 Å². The van der Waals surface area contributed by atoms with Crippen LogP contribution in [0.1, 0.15) is 42.9 Å². The van der Waals surface area contributed by atoms with Gasteiger partial charge in [0.05, 0.1) is 17.5 Å². The summed E-state index contributed by atoms with van der Waals surface area (Å²) in [7, 11) is 0. The van der Waals surface area contributed by atoms with E-state index in [0.717, 1.165) is 41.7 Å². The SMILES string of the molecule is Cc1ccc2c(ncn2CCCCC2(C)c3ccccc3-c3ccccc32)c1N. The normalized spacial score (nSPS) is 14.1. The number of aromatic nitrogens is 2. The standard InChI is InChI=1S/C26H27N3/c1-18-13-14-23-25(24(18)27)28-17-29(23)16-8-7-15-26(2)21-11-5-3-9-19(21)20-10-4-6-12-22(20)26/h3-6,9-14,17H,7-8,15-16,27H2,1-2H3. The molecule has 0 aliphatic heterocycles. The predicted molar refractivity (Wildman–Crippen MR) is 121 cm³/mol. The van der Waals surface area contributed by atoms with Gasteiger partial charge in [-0.15, -0.1) is 0 Å². The van der Waals surface area contributed by atoms with E-state index in [0.29, 0.717) is 0 Å². The molecule has 0 radical (unpaired) electrons. The van der Waals surface area contributed by atoms with Crippen LogP contribution >= 0.6 is 0 Å². The van der Waals surface area contributed by atoms with Crippen molar-refractivity contribution < 1.29 is 0 Å². The number of benzene rings is 3. The van der Waals surface area contributed by atoms with Gasteiger partial charge in [-0.1, -0.05) is 67.9 Å². The maximum absolute atomic E-state index is 6.20. The quantitative estimate of drug-likeness (QED) is 0.336. The fraction of sp³-hybridized carbons (Fsp3) is 0.269. The molecule has 1 aromatic heterocycles. The number of unbranched alkanes of at least 4 members (excludes halogenated alkanes) is 1. The minimum absolute atomic E-state index is 0.0890. The van der Waals surface area contributed by atoms with Gasteiger partial charge >= 0.3 is 0 Å². The molecule has 2 N–H and O–H groups in total. The molecule has 3 heteroatoms. The number of fused-ring (bicyclic) bond motifs is 4. The van der Waals surface area contributed by atoms with Crippen LogP contribution in [0.2, 0.25) is 0 Å². The first-order chi connectivity index (χ1) is 14.1. The van der Waals surface area contributed by atoms with Gasteiger partial charge in [0, 0.05) is 12.0 Å². The Balaban J connectivity index is 1.34. The molecule has 29 heavy (non-hydrogen) atoms. The number of nitrogen functional groups attached to an aromatic ring is 1. The van der Waals surface area contributed by atoms with Crippen LogP contribution in [0.15, 0.2) is 67.0 Å². The predicted octanol–water partition coefficient (Wildman–Crippen LogP) is 6.08. The van der Waals surface area contributed by atoms with Crippen molar-refractivity contribution in [2.24, 2.45) is 0 Å². The molecule has 146 valence electrons. The average Bonchev–Trinajstić information content (AvgIpc) is 3.27. The highest BCUT2D eigenvalue weighted by Crippen LogP contribution is 2.50. The van der Waals surface area contributed by atoms with Gasteiger partial charge in [0.1, 0.15) is 5.52 Å². The summed E-state index contributed by atoms with van der Waals surface area (Å²) < 4.78 is 2.24. The topological polar surface area (TPSA) is 43.8 Å². The summed E-state index contributed by atoms with van der Waals surface area (Å²) in [5, 5.41) is 0. The smallest absolute Gasteiger partial charge is 0.112 e. The van der Waals surface area contributed by atoms with Gasteiger partial charge in [0.2, 0.25) is 0 Å². The first-order valence-corrected chi connectivity index (χ1v) is 10.5. The van der Waals surface area contributed by atoms with Gasteiger partial charge < -0.3 is 10.3 Å². The summed E-state index contributed by atoms with van der Waals surface area (Å²) in [5.74, 6) is 0. The Morgan fingerprint density at radius 3 is 2.24 bits per heavy atom. The number of aryl methyl sites for hydroxylation is 2. The molecule has 1 aliphatic rings. The Morgan fingerprint density at radius 1 is 0.897 bits per heavy atom. The summed E-state index contributed by atoms with van der Waals surface area (Å²) in [5.41, 5.74) is 16.0. The van der Waals surface area contributed by atoms with Crippen LogP contribution in [0.3, 0.4) is 0 Å². The summed E-state index contributed by atoms with van der Waals surface area (Å²) in [6.07, 6.45) is 5.37. The molecule has 0 saturated heterocycles. The van der Waals surface area contributed by atoms with Crippen LogP contribution in [0.5, 0.6) is 0 Å². The Labute approximate surface area is 172 Å². The first kappa shape index (κ1) is 18.0. The van der Waals surface area contributed by atoms with Crippen molar-refractivity contribution in [3.63, 3.8) is 0 Å². The Morgan fingerprint density at radius 2 is 1.55 bits per heavy atom. The van der Waals surface area contributed by atoms with Gasteiger partial charge in [-0.3, -0.25) is 0 Å². The fourth-order valence-corrected chi connectivity index (χ4v) is 5.01. The van der Waals surface area contributed by atoms with E-state index < -0.39 is 0 Å². The zero-order valence-corrected chi connectivity index (χ0v) is 17.2. The largest absolute Gasteiger partial charge is 0.397 e. The number of anilines is 1. The summed E-state index contributed by atoms with van der Waals surface area (Å²) in [6, 6.07) is 22.0. The van der Waals surface area contributed by atoms with E-state index in [4.69, 9.17) is 5.73 Å². The van der Waals surface area contributed by atoms with E-state index in [2.05, 4.69) is 77.1 Å². The summed E-state index contributed by atoms with van der Waals surface area (Å²) >= 11 is 0. The second kappa shape index (κ2) is 6.77. The van der Waals surface area contributed by atoms with Gasteiger partial charge in [0.25, 0.3) is 0 Å². The van der Waals surface area contributed by atoms with E-state index in [9.17, 15) is 0 Å². The molecule has 0 bridgehead atoms. The van der Waals surface area contributed by atoms with Crippen LogP contribution in [-0.4, -0.2) is 9.55 Å².